The van der Waals surface area contributed by atoms with Crippen LogP contribution in [-0.2, 0) is 0 Å². The molecule has 1 atom stereocenters. The summed E-state index contributed by atoms with van der Waals surface area (Å²) in [6, 6.07) is 0.997. The van der Waals surface area contributed by atoms with Gasteiger partial charge < -0.3 is 10.6 Å². The molecule has 0 saturated carbocycles. The Kier molecular flexibility index (Phi) is 6.35. The zero-order valence-corrected chi connectivity index (χ0v) is 9.88. The van der Waals surface area contributed by atoms with Gasteiger partial charge in [0.2, 0.25) is 0 Å². The van der Waals surface area contributed by atoms with Crippen molar-refractivity contribution >= 4 is 0 Å². The van der Waals surface area contributed by atoms with Gasteiger partial charge in [0.05, 0.1) is 0 Å². The summed E-state index contributed by atoms with van der Waals surface area (Å²) >= 11 is 0. The van der Waals surface area contributed by atoms with E-state index < -0.39 is 0 Å². The van der Waals surface area contributed by atoms with Crippen LogP contribution in [0.15, 0.2) is 0 Å². The Morgan fingerprint density at radius 3 is 2.00 bits per heavy atom. The number of nitrogens with zero attached hydrogens (tertiary/aromatic N) is 1. The normalized spacial score (nSPS) is 14.5. The van der Waals surface area contributed by atoms with Gasteiger partial charge in [-0.2, -0.15) is 0 Å². The largest absolute Gasteiger partial charge is 0.327 e. The van der Waals surface area contributed by atoms with E-state index in [0.29, 0.717) is 18.0 Å². The summed E-state index contributed by atoms with van der Waals surface area (Å²) in [7, 11) is 0. The van der Waals surface area contributed by atoms with Gasteiger partial charge in [0.25, 0.3) is 0 Å². The SMILES string of the molecule is CCN(CCC(N)C(C)C)C(C)C. The van der Waals surface area contributed by atoms with E-state index in [1.165, 1.54) is 0 Å². The van der Waals surface area contributed by atoms with Crippen LogP contribution in [0.4, 0.5) is 0 Å². The van der Waals surface area contributed by atoms with E-state index in [1.807, 2.05) is 0 Å². The minimum absolute atomic E-state index is 0.354. The summed E-state index contributed by atoms with van der Waals surface area (Å²) in [5.41, 5.74) is 5.99. The average Bonchev–Trinajstić information content (AvgIpc) is 2.04. The lowest BCUT2D eigenvalue weighted by molar-refractivity contribution is 0.219. The molecular formula is C11H26N2. The minimum Gasteiger partial charge on any atom is -0.327 e. The zero-order valence-electron chi connectivity index (χ0n) is 9.88. The summed E-state index contributed by atoms with van der Waals surface area (Å²) in [6.45, 7) is 13.3. The molecule has 13 heavy (non-hydrogen) atoms. The second-order valence-corrected chi connectivity index (χ2v) is 4.42. The van der Waals surface area contributed by atoms with E-state index >= 15 is 0 Å². The molecule has 0 bridgehead atoms. The first-order valence-electron chi connectivity index (χ1n) is 5.48. The molecule has 0 radical (unpaired) electrons. The fraction of sp³-hybridized carbons (Fsp3) is 1.00. The van der Waals surface area contributed by atoms with E-state index in [-0.39, 0.29) is 0 Å². The Morgan fingerprint density at radius 2 is 1.69 bits per heavy atom. The zero-order chi connectivity index (χ0) is 10.4. The molecule has 0 rings (SSSR count). The van der Waals surface area contributed by atoms with Crippen molar-refractivity contribution in [2.75, 3.05) is 13.1 Å². The summed E-state index contributed by atoms with van der Waals surface area (Å²) in [6.07, 6.45) is 1.11. The molecule has 0 aromatic rings. The van der Waals surface area contributed by atoms with Crippen LogP contribution in [0.1, 0.15) is 41.0 Å². The van der Waals surface area contributed by atoms with Gasteiger partial charge in [-0.25, -0.2) is 0 Å². The minimum atomic E-state index is 0.354. The van der Waals surface area contributed by atoms with Gasteiger partial charge in [0.15, 0.2) is 0 Å². The van der Waals surface area contributed by atoms with Gasteiger partial charge in [0.1, 0.15) is 0 Å². The fourth-order valence-electron chi connectivity index (χ4n) is 1.43. The predicted molar refractivity (Wildman–Crippen MR) is 59.8 cm³/mol. The average molecular weight is 186 g/mol. The van der Waals surface area contributed by atoms with Crippen LogP contribution < -0.4 is 5.73 Å². The van der Waals surface area contributed by atoms with Crippen molar-refractivity contribution in [3.05, 3.63) is 0 Å². The molecule has 80 valence electrons. The maximum Gasteiger partial charge on any atom is 0.00740 e. The van der Waals surface area contributed by atoms with Crippen LogP contribution in [0, 0.1) is 5.92 Å². The second-order valence-electron chi connectivity index (χ2n) is 4.42. The van der Waals surface area contributed by atoms with E-state index in [2.05, 4.69) is 39.5 Å². The Balaban J connectivity index is 3.72. The summed E-state index contributed by atoms with van der Waals surface area (Å²) in [5, 5.41) is 0. The number of hydrogen-bond acceptors (Lipinski definition) is 2. The van der Waals surface area contributed by atoms with Gasteiger partial charge in [-0.3, -0.25) is 0 Å². The smallest absolute Gasteiger partial charge is 0.00740 e. The number of hydrogen-bond donors (Lipinski definition) is 1. The van der Waals surface area contributed by atoms with E-state index in [4.69, 9.17) is 5.73 Å². The predicted octanol–water partition coefficient (Wildman–Crippen LogP) is 2.09. The molecule has 2 heteroatoms. The van der Waals surface area contributed by atoms with Crippen molar-refractivity contribution in [1.29, 1.82) is 0 Å². The molecule has 0 fully saturated rings. The van der Waals surface area contributed by atoms with Gasteiger partial charge in [-0.15, -0.1) is 0 Å². The topological polar surface area (TPSA) is 29.3 Å². The molecule has 0 spiro atoms. The highest BCUT2D eigenvalue weighted by Crippen LogP contribution is 2.06. The van der Waals surface area contributed by atoms with Crippen LogP contribution in [0.3, 0.4) is 0 Å². The first-order chi connectivity index (χ1) is 5.99. The molecule has 0 saturated heterocycles. The van der Waals surface area contributed by atoms with Gasteiger partial charge >= 0.3 is 0 Å². The third-order valence-electron chi connectivity index (χ3n) is 2.74. The van der Waals surface area contributed by atoms with Crippen LogP contribution in [0.25, 0.3) is 0 Å². The summed E-state index contributed by atoms with van der Waals surface area (Å²) < 4.78 is 0. The van der Waals surface area contributed by atoms with Crippen LogP contribution in [-0.4, -0.2) is 30.1 Å². The molecule has 0 aliphatic heterocycles. The molecule has 0 aromatic carbocycles. The highest BCUT2D eigenvalue weighted by atomic mass is 15.1. The van der Waals surface area contributed by atoms with Crippen molar-refractivity contribution in [1.82, 2.24) is 4.90 Å². The molecule has 0 aromatic heterocycles. The van der Waals surface area contributed by atoms with Crippen molar-refractivity contribution in [3.8, 4) is 0 Å². The maximum atomic E-state index is 5.99. The molecular weight excluding hydrogens is 160 g/mol. The quantitative estimate of drug-likeness (QED) is 0.688. The molecule has 0 aliphatic carbocycles. The number of rotatable bonds is 6. The van der Waals surface area contributed by atoms with Crippen LogP contribution in [0.2, 0.25) is 0 Å². The Bertz CT molecular complexity index is 121. The molecule has 0 heterocycles. The van der Waals surface area contributed by atoms with Crippen molar-refractivity contribution < 1.29 is 0 Å². The molecule has 2 nitrogen and oxygen atoms in total. The summed E-state index contributed by atoms with van der Waals surface area (Å²) in [4.78, 5) is 2.46. The molecule has 1 unspecified atom stereocenters. The lowest BCUT2D eigenvalue weighted by Gasteiger charge is -2.27. The highest BCUT2D eigenvalue weighted by Gasteiger charge is 2.11. The third-order valence-corrected chi connectivity index (χ3v) is 2.74. The Labute approximate surface area is 83.5 Å². The van der Waals surface area contributed by atoms with Crippen LogP contribution >= 0.6 is 0 Å². The maximum absolute atomic E-state index is 5.99. The van der Waals surface area contributed by atoms with Crippen molar-refractivity contribution in [2.24, 2.45) is 11.7 Å². The summed E-state index contributed by atoms with van der Waals surface area (Å²) in [5.74, 6) is 0.603. The third kappa shape index (κ3) is 5.27. The Hall–Kier alpha value is -0.0800. The highest BCUT2D eigenvalue weighted by molar-refractivity contribution is 4.69. The van der Waals surface area contributed by atoms with Gasteiger partial charge in [0, 0.05) is 12.1 Å². The van der Waals surface area contributed by atoms with Crippen molar-refractivity contribution in [3.63, 3.8) is 0 Å². The molecule has 2 N–H and O–H groups in total. The Morgan fingerprint density at radius 1 is 1.15 bits per heavy atom. The lowest BCUT2D eigenvalue weighted by Crippen LogP contribution is -2.36. The standard InChI is InChI=1S/C11H26N2/c1-6-13(10(4)5)8-7-11(12)9(2)3/h9-11H,6-8,12H2,1-5H3. The molecule has 0 aliphatic rings. The molecule has 0 amide bonds. The van der Waals surface area contributed by atoms with E-state index in [9.17, 15) is 0 Å². The first-order valence-corrected chi connectivity index (χ1v) is 5.48. The van der Waals surface area contributed by atoms with Gasteiger partial charge in [-0.05, 0) is 39.3 Å². The monoisotopic (exact) mass is 186 g/mol. The second kappa shape index (κ2) is 6.39. The number of nitrogens with two attached hydrogens (primary N) is 1. The van der Waals surface area contributed by atoms with E-state index in [1.54, 1.807) is 0 Å². The first kappa shape index (κ1) is 12.9. The van der Waals surface area contributed by atoms with Crippen LogP contribution in [0.5, 0.6) is 0 Å². The lowest BCUT2D eigenvalue weighted by atomic mass is 10.0. The van der Waals surface area contributed by atoms with Gasteiger partial charge in [-0.1, -0.05) is 20.8 Å². The van der Waals surface area contributed by atoms with Crippen molar-refractivity contribution in [2.45, 2.75) is 53.1 Å². The fourth-order valence-corrected chi connectivity index (χ4v) is 1.43. The van der Waals surface area contributed by atoms with E-state index in [0.717, 1.165) is 19.5 Å².